The van der Waals surface area contributed by atoms with Crippen LogP contribution in [0, 0.1) is 5.82 Å². The fourth-order valence-electron chi connectivity index (χ4n) is 5.24. The Hall–Kier alpha value is -5.36. The molecule has 11 nitrogen and oxygen atoms in total. The van der Waals surface area contributed by atoms with Gasteiger partial charge in [-0.3, -0.25) is 19.3 Å². The maximum atomic E-state index is 13.9. The lowest BCUT2D eigenvalue weighted by atomic mass is 10.1. The topological polar surface area (TPSA) is 145 Å². The van der Waals surface area contributed by atoms with E-state index < -0.39 is 64.3 Å². The van der Waals surface area contributed by atoms with Gasteiger partial charge >= 0.3 is 12.5 Å². The number of nitrogens with one attached hydrogen (secondary N) is 2. The molecule has 3 heterocycles. The first-order valence-corrected chi connectivity index (χ1v) is 15.0. The van der Waals surface area contributed by atoms with E-state index in [1.54, 1.807) is 6.07 Å². The molecule has 0 saturated heterocycles. The number of hydrogen-bond donors (Lipinski definition) is 3. The molecule has 0 bridgehead atoms. The van der Waals surface area contributed by atoms with Crippen LogP contribution in [-0.4, -0.2) is 54.1 Å². The van der Waals surface area contributed by atoms with Gasteiger partial charge in [-0.15, -0.1) is 20.1 Å². The number of halogens is 6. The van der Waals surface area contributed by atoms with Gasteiger partial charge in [0, 0.05) is 41.7 Å². The van der Waals surface area contributed by atoms with Crippen molar-refractivity contribution < 1.29 is 54.9 Å². The highest BCUT2D eigenvalue weighted by Gasteiger charge is 2.44. The number of nitrogens with zero attached hydrogens (tertiary/aromatic N) is 2. The second-order valence-electron chi connectivity index (χ2n) is 10.8. The first-order chi connectivity index (χ1) is 23.1. The van der Waals surface area contributed by atoms with Crippen molar-refractivity contribution in [3.05, 3.63) is 81.6 Å². The number of ether oxygens (including phenoxy) is 3. The van der Waals surface area contributed by atoms with E-state index in [1.807, 2.05) is 4.90 Å². The highest BCUT2D eigenvalue weighted by atomic mass is 32.1. The van der Waals surface area contributed by atoms with E-state index in [2.05, 4.69) is 25.1 Å². The molecule has 256 valence electrons. The van der Waals surface area contributed by atoms with Crippen molar-refractivity contribution in [2.45, 2.75) is 25.4 Å². The number of rotatable bonds is 8. The summed E-state index contributed by atoms with van der Waals surface area (Å²) in [4.78, 5) is 45.9. The van der Waals surface area contributed by atoms with Crippen LogP contribution in [0.4, 0.5) is 37.7 Å². The maximum absolute atomic E-state index is 13.9. The lowest BCUT2D eigenvalue weighted by Crippen LogP contribution is -2.37. The molecule has 6 rings (SSSR count). The number of carbonyl (C=O) groups is 3. The summed E-state index contributed by atoms with van der Waals surface area (Å²) in [6.07, 6.45) is -8.62. The summed E-state index contributed by atoms with van der Waals surface area (Å²) in [6.45, 7) is 1.13. The third-order valence-corrected chi connectivity index (χ3v) is 8.58. The second-order valence-corrected chi connectivity index (χ2v) is 11.9. The molecule has 0 atom stereocenters. The Balaban J connectivity index is 1.31. The van der Waals surface area contributed by atoms with Crippen molar-refractivity contribution in [3.63, 3.8) is 0 Å². The first kappa shape index (κ1) is 33.5. The van der Waals surface area contributed by atoms with E-state index in [0.29, 0.717) is 42.2 Å². The van der Waals surface area contributed by atoms with Crippen molar-refractivity contribution in [3.8, 4) is 27.8 Å². The van der Waals surface area contributed by atoms with E-state index in [0.717, 1.165) is 28.8 Å². The van der Waals surface area contributed by atoms with Crippen LogP contribution in [0.15, 0.2) is 48.5 Å². The highest BCUT2D eigenvalue weighted by molar-refractivity contribution is 7.15. The van der Waals surface area contributed by atoms with E-state index >= 15 is 0 Å². The Bertz CT molecular complexity index is 2000. The van der Waals surface area contributed by atoms with Gasteiger partial charge in [0.2, 0.25) is 5.91 Å². The van der Waals surface area contributed by atoms with E-state index in [1.165, 1.54) is 30.6 Å². The Morgan fingerprint density at radius 3 is 2.43 bits per heavy atom. The molecule has 18 heteroatoms. The molecular formula is C31H23F6N5O6S. The molecule has 0 aliphatic carbocycles. The average molecular weight is 708 g/mol. The number of fused-ring (bicyclic) bond motifs is 2. The van der Waals surface area contributed by atoms with Gasteiger partial charge in [-0.05, 0) is 42.5 Å². The quantitative estimate of drug-likeness (QED) is 0.200. The SMILES string of the molecule is COc1ccc(-c2nc3c(s2)CN(CC(N)=O)CC3)cc1C(=O)Nc1cc2c(cc1C(=O)Nc1ccc(F)c(C(F)(F)F)c1)OC(F)(F)O2. The zero-order valence-corrected chi connectivity index (χ0v) is 25.9. The van der Waals surface area contributed by atoms with E-state index in [9.17, 15) is 40.7 Å². The van der Waals surface area contributed by atoms with Crippen LogP contribution in [0.1, 0.15) is 36.9 Å². The molecule has 0 unspecified atom stereocenters. The molecule has 0 radical (unpaired) electrons. The molecule has 0 spiro atoms. The van der Waals surface area contributed by atoms with Gasteiger partial charge in [0.1, 0.15) is 16.6 Å². The molecule has 4 N–H and O–H groups in total. The van der Waals surface area contributed by atoms with Crippen molar-refractivity contribution in [1.29, 1.82) is 0 Å². The fourth-order valence-corrected chi connectivity index (χ4v) is 6.39. The third kappa shape index (κ3) is 7.09. The van der Waals surface area contributed by atoms with Crippen molar-refractivity contribution in [2.75, 3.05) is 30.8 Å². The van der Waals surface area contributed by atoms with Crippen LogP contribution in [0.25, 0.3) is 10.6 Å². The Kier molecular flexibility index (Phi) is 8.62. The zero-order chi connectivity index (χ0) is 35.2. The summed E-state index contributed by atoms with van der Waals surface area (Å²) < 4.78 is 95.7. The standard InChI is InChI=1S/C31H23F6N5O6S/c1-46-22-5-2-14(29-41-20-6-7-42(13-26(38)43)12-25(20)49-29)8-17(22)28(45)40-21-11-24-23(47-31(36,37)48-24)10-16(21)27(44)39-15-3-4-19(32)18(9-15)30(33,34)35/h2-5,8-11H,6-7,12-13H2,1H3,(H2,38,43)(H,39,44)(H,40,45). The Morgan fingerprint density at radius 1 is 1.02 bits per heavy atom. The average Bonchev–Trinajstić information content (AvgIpc) is 3.58. The second kappa shape index (κ2) is 12.6. The predicted molar refractivity (Wildman–Crippen MR) is 162 cm³/mol. The molecule has 2 aliphatic rings. The van der Waals surface area contributed by atoms with Gasteiger partial charge in [0.05, 0.1) is 41.7 Å². The van der Waals surface area contributed by atoms with Crippen molar-refractivity contribution in [2.24, 2.45) is 5.73 Å². The molecule has 49 heavy (non-hydrogen) atoms. The summed E-state index contributed by atoms with van der Waals surface area (Å²) in [7, 11) is 1.31. The summed E-state index contributed by atoms with van der Waals surface area (Å²) in [5.41, 5.74) is 3.62. The van der Waals surface area contributed by atoms with E-state index in [-0.39, 0.29) is 23.5 Å². The predicted octanol–water partition coefficient (Wildman–Crippen LogP) is 5.65. The molecular weight excluding hydrogens is 684 g/mol. The minimum atomic E-state index is -5.08. The summed E-state index contributed by atoms with van der Waals surface area (Å²) in [5.74, 6) is -5.10. The van der Waals surface area contributed by atoms with Crippen LogP contribution < -0.4 is 30.6 Å². The van der Waals surface area contributed by atoms with Gasteiger partial charge in [-0.2, -0.15) is 13.2 Å². The van der Waals surface area contributed by atoms with Crippen LogP contribution in [0.2, 0.25) is 0 Å². The van der Waals surface area contributed by atoms with Gasteiger partial charge in [-0.1, -0.05) is 0 Å². The largest absolute Gasteiger partial charge is 0.586 e. The minimum absolute atomic E-state index is 0.0498. The fraction of sp³-hybridized carbons (Fsp3) is 0.226. The van der Waals surface area contributed by atoms with Gasteiger partial charge < -0.3 is 30.6 Å². The minimum Gasteiger partial charge on any atom is -0.496 e. The summed E-state index contributed by atoms with van der Waals surface area (Å²) in [5, 5.41) is 5.17. The van der Waals surface area contributed by atoms with Gasteiger partial charge in [0.25, 0.3) is 11.8 Å². The molecule has 0 saturated carbocycles. The number of hydrogen-bond acceptors (Lipinski definition) is 9. The van der Waals surface area contributed by atoms with Gasteiger partial charge in [0.15, 0.2) is 11.5 Å². The number of alkyl halides is 5. The lowest BCUT2D eigenvalue weighted by Gasteiger charge is -2.24. The normalized spacial score (nSPS) is 15.0. The third-order valence-electron chi connectivity index (χ3n) is 7.44. The number of amides is 3. The molecule has 3 aromatic carbocycles. The van der Waals surface area contributed by atoms with Crippen LogP contribution in [0.3, 0.4) is 0 Å². The smallest absolute Gasteiger partial charge is 0.496 e. The first-order valence-electron chi connectivity index (χ1n) is 14.2. The molecule has 4 aromatic rings. The highest BCUT2D eigenvalue weighted by Crippen LogP contribution is 2.44. The van der Waals surface area contributed by atoms with Crippen LogP contribution in [0.5, 0.6) is 17.2 Å². The Labute approximate surface area is 276 Å². The number of anilines is 2. The zero-order valence-electron chi connectivity index (χ0n) is 25.0. The number of primary amides is 1. The summed E-state index contributed by atoms with van der Waals surface area (Å²) >= 11 is 1.36. The number of carbonyl (C=O) groups excluding carboxylic acids is 3. The van der Waals surface area contributed by atoms with Crippen molar-refractivity contribution in [1.82, 2.24) is 9.88 Å². The molecule has 0 fully saturated rings. The number of methoxy groups -OCH3 is 1. The molecule has 1 aromatic heterocycles. The number of nitrogens with two attached hydrogens (primary N) is 1. The molecule has 3 amide bonds. The van der Waals surface area contributed by atoms with Crippen LogP contribution in [-0.2, 0) is 23.9 Å². The van der Waals surface area contributed by atoms with Gasteiger partial charge in [-0.25, -0.2) is 9.37 Å². The number of aromatic nitrogens is 1. The number of thiazole rings is 1. The molecule has 2 aliphatic heterocycles. The lowest BCUT2D eigenvalue weighted by molar-refractivity contribution is -0.286. The summed E-state index contributed by atoms with van der Waals surface area (Å²) in [6, 6.07) is 8.06. The van der Waals surface area contributed by atoms with Crippen LogP contribution >= 0.6 is 11.3 Å². The number of benzene rings is 3. The Morgan fingerprint density at radius 2 is 1.73 bits per heavy atom. The van der Waals surface area contributed by atoms with Crippen molar-refractivity contribution >= 4 is 40.4 Å². The maximum Gasteiger partial charge on any atom is 0.586 e. The van der Waals surface area contributed by atoms with E-state index in [4.69, 9.17) is 10.5 Å². The monoisotopic (exact) mass is 707 g/mol.